The molecular weight excluding hydrogens is 945 g/mol. The zero-order valence-corrected chi connectivity index (χ0v) is 42.3. The Morgan fingerprint density at radius 3 is 1.18 bits per heavy atom. The summed E-state index contributed by atoms with van der Waals surface area (Å²) < 4.78 is 2.38. The van der Waals surface area contributed by atoms with E-state index >= 15 is 0 Å². The van der Waals surface area contributed by atoms with E-state index in [2.05, 4.69) is 284 Å². The van der Waals surface area contributed by atoms with Crippen molar-refractivity contribution in [1.82, 2.24) is 19.5 Å². The maximum Gasteiger partial charge on any atom is 0.238 e. The summed E-state index contributed by atoms with van der Waals surface area (Å²) in [6, 6.07) is 101. The Morgan fingerprint density at radius 1 is 0.282 bits per heavy atom. The molecule has 16 rings (SSSR count). The van der Waals surface area contributed by atoms with E-state index in [4.69, 9.17) is 15.0 Å². The van der Waals surface area contributed by atoms with Crippen molar-refractivity contribution in [3.8, 4) is 95.5 Å². The minimum absolute atomic E-state index is 0.553. The zero-order chi connectivity index (χ0) is 51.3. The summed E-state index contributed by atoms with van der Waals surface area (Å²) in [6.07, 6.45) is 0. The fraction of sp³-hybridized carbons (Fsp3) is 0.0135. The quantitative estimate of drug-likeness (QED) is 0.160. The highest BCUT2D eigenvalue weighted by molar-refractivity contribution is 6.27. The van der Waals surface area contributed by atoms with Crippen LogP contribution in [0, 0.1) is 0 Å². The summed E-state index contributed by atoms with van der Waals surface area (Å²) in [4.78, 5) is 16.9. The van der Waals surface area contributed by atoms with Gasteiger partial charge in [-0.15, -0.1) is 0 Å². The highest BCUT2D eigenvalue weighted by Gasteiger charge is 2.53. The molecule has 0 saturated heterocycles. The van der Waals surface area contributed by atoms with Gasteiger partial charge in [0.15, 0.2) is 11.6 Å². The van der Waals surface area contributed by atoms with Gasteiger partial charge in [-0.2, -0.15) is 9.97 Å². The minimum Gasteiger partial charge on any atom is -0.277 e. The SMILES string of the molecule is c1ccc(-c2cccc(-c3cccc(-c4nc(-c5cccc(-c6cccc(-c7ccccc7)c6)c5)nc(-n5c6ccccc6c6c7ccccc7c7c(c65)C5(c6ccccc6-c6ccccc65)c5ccccc5-7)n4)c3)c2)cc1. The lowest BCUT2D eigenvalue weighted by Gasteiger charge is -2.31. The molecular formula is C74H46N4. The Kier molecular flexibility index (Phi) is 9.82. The summed E-state index contributed by atoms with van der Waals surface area (Å²) in [5, 5.41) is 4.74. The highest BCUT2D eigenvalue weighted by atomic mass is 15.2. The Balaban J connectivity index is 0.994. The van der Waals surface area contributed by atoms with Crippen LogP contribution >= 0.6 is 0 Å². The maximum atomic E-state index is 5.70. The standard InChI is InChI=1S/C74H46N4/c1-3-21-47(22-4-1)49-25-17-27-51(43-49)53-29-19-31-55(45-53)71-75-72(56-32-20-30-54(46-56)52-28-18-26-50(44-52)48-23-5-2-6-24-48)77-73(76-71)78-66-42-16-12-38-62(66)68-60-36-8-7-35-59(60)67-61-37-11-15-41-65(61)74(69(67)70(68)78)63-39-13-9-33-57(63)58-34-10-14-40-64(58)74/h1-46H. The summed E-state index contributed by atoms with van der Waals surface area (Å²) in [5.74, 6) is 1.73. The number of benzene rings is 12. The summed E-state index contributed by atoms with van der Waals surface area (Å²) in [7, 11) is 0. The van der Waals surface area contributed by atoms with Crippen molar-refractivity contribution in [2.45, 2.75) is 5.41 Å². The van der Waals surface area contributed by atoms with Crippen LogP contribution in [0.25, 0.3) is 128 Å². The monoisotopic (exact) mass is 990 g/mol. The first-order valence-corrected chi connectivity index (χ1v) is 26.8. The predicted octanol–water partition coefficient (Wildman–Crippen LogP) is 18.5. The molecule has 0 amide bonds. The normalized spacial score (nSPS) is 12.7. The second-order valence-corrected chi connectivity index (χ2v) is 20.6. The Hall–Kier alpha value is -10.3. The number of rotatable bonds is 7. The molecule has 2 aliphatic carbocycles. The average Bonchev–Trinajstić information content (AvgIpc) is 3.48. The third kappa shape index (κ3) is 6.57. The molecule has 0 aliphatic heterocycles. The van der Waals surface area contributed by atoms with E-state index < -0.39 is 5.41 Å². The highest BCUT2D eigenvalue weighted by Crippen LogP contribution is 2.66. The van der Waals surface area contributed by atoms with Gasteiger partial charge in [0.1, 0.15) is 0 Å². The molecule has 2 heterocycles. The molecule has 14 aromatic rings. The molecule has 0 unspecified atom stereocenters. The topological polar surface area (TPSA) is 43.6 Å². The smallest absolute Gasteiger partial charge is 0.238 e. The molecule has 0 saturated carbocycles. The molecule has 362 valence electrons. The van der Waals surface area contributed by atoms with Crippen LogP contribution in [0.4, 0.5) is 0 Å². The van der Waals surface area contributed by atoms with Crippen molar-refractivity contribution in [3.05, 3.63) is 301 Å². The average molecular weight is 991 g/mol. The molecule has 12 aromatic carbocycles. The number of hydrogen-bond donors (Lipinski definition) is 0. The molecule has 0 fully saturated rings. The van der Waals surface area contributed by atoms with Crippen LogP contribution in [0.5, 0.6) is 0 Å². The van der Waals surface area contributed by atoms with Gasteiger partial charge < -0.3 is 0 Å². The van der Waals surface area contributed by atoms with Crippen LogP contribution in [-0.4, -0.2) is 19.5 Å². The summed E-state index contributed by atoms with van der Waals surface area (Å²) in [6.45, 7) is 0. The minimum atomic E-state index is -0.655. The van der Waals surface area contributed by atoms with Crippen LogP contribution in [0.15, 0.2) is 279 Å². The van der Waals surface area contributed by atoms with Gasteiger partial charge in [-0.05, 0) is 125 Å². The second kappa shape index (κ2) is 17.4. The van der Waals surface area contributed by atoms with E-state index in [-0.39, 0.29) is 0 Å². The Labute approximate surface area is 451 Å². The summed E-state index contributed by atoms with van der Waals surface area (Å²) in [5.41, 5.74) is 22.4. The fourth-order valence-corrected chi connectivity index (χ4v) is 13.1. The van der Waals surface area contributed by atoms with Crippen LogP contribution in [-0.2, 0) is 5.41 Å². The van der Waals surface area contributed by atoms with Gasteiger partial charge in [0.25, 0.3) is 0 Å². The van der Waals surface area contributed by atoms with Gasteiger partial charge in [0.2, 0.25) is 5.95 Å². The van der Waals surface area contributed by atoms with Crippen LogP contribution in [0.3, 0.4) is 0 Å². The van der Waals surface area contributed by atoms with Crippen LogP contribution < -0.4 is 0 Å². The number of nitrogens with zero attached hydrogens (tertiary/aromatic N) is 4. The molecule has 78 heavy (non-hydrogen) atoms. The molecule has 0 N–H and O–H groups in total. The Morgan fingerprint density at radius 2 is 0.654 bits per heavy atom. The summed E-state index contributed by atoms with van der Waals surface area (Å²) >= 11 is 0. The van der Waals surface area contributed by atoms with Gasteiger partial charge >= 0.3 is 0 Å². The predicted molar refractivity (Wildman–Crippen MR) is 321 cm³/mol. The van der Waals surface area contributed by atoms with Gasteiger partial charge in [-0.25, -0.2) is 4.98 Å². The second-order valence-electron chi connectivity index (χ2n) is 20.6. The molecule has 4 nitrogen and oxygen atoms in total. The van der Waals surface area contributed by atoms with Gasteiger partial charge in [-0.1, -0.05) is 249 Å². The first-order valence-electron chi connectivity index (χ1n) is 26.8. The first-order chi connectivity index (χ1) is 38.7. The van der Waals surface area contributed by atoms with E-state index in [1.54, 1.807) is 0 Å². The Bertz CT molecular complexity index is 4550. The molecule has 2 aliphatic rings. The van der Waals surface area contributed by atoms with Crippen molar-refractivity contribution < 1.29 is 0 Å². The molecule has 0 atom stereocenters. The number of aromatic nitrogens is 4. The van der Waals surface area contributed by atoms with E-state index in [9.17, 15) is 0 Å². The number of hydrogen-bond acceptors (Lipinski definition) is 3. The van der Waals surface area contributed by atoms with E-state index in [0.717, 1.165) is 60.9 Å². The lowest BCUT2D eigenvalue weighted by molar-refractivity contribution is 0.795. The first kappa shape index (κ1) is 44.0. The van der Waals surface area contributed by atoms with Crippen molar-refractivity contribution >= 4 is 32.6 Å². The van der Waals surface area contributed by atoms with Crippen molar-refractivity contribution in [3.63, 3.8) is 0 Å². The number of para-hydroxylation sites is 1. The molecule has 2 aromatic heterocycles. The number of fused-ring (bicyclic) bond motifs is 17. The van der Waals surface area contributed by atoms with Crippen molar-refractivity contribution in [2.24, 2.45) is 0 Å². The van der Waals surface area contributed by atoms with Crippen LogP contribution in [0.2, 0.25) is 0 Å². The molecule has 0 radical (unpaired) electrons. The van der Waals surface area contributed by atoms with Crippen LogP contribution in [0.1, 0.15) is 22.3 Å². The van der Waals surface area contributed by atoms with Gasteiger partial charge in [0, 0.05) is 27.5 Å². The lowest BCUT2D eigenvalue weighted by Crippen LogP contribution is -2.26. The third-order valence-electron chi connectivity index (χ3n) is 16.4. The lowest BCUT2D eigenvalue weighted by atomic mass is 9.70. The van der Waals surface area contributed by atoms with E-state index in [0.29, 0.717) is 17.6 Å². The van der Waals surface area contributed by atoms with Gasteiger partial charge in [0.05, 0.1) is 16.4 Å². The maximum absolute atomic E-state index is 5.70. The van der Waals surface area contributed by atoms with Crippen molar-refractivity contribution in [2.75, 3.05) is 0 Å². The molecule has 4 heteroatoms. The molecule has 1 spiro atoms. The third-order valence-corrected chi connectivity index (χ3v) is 16.4. The molecule has 0 bridgehead atoms. The van der Waals surface area contributed by atoms with E-state index in [1.165, 1.54) is 71.8 Å². The van der Waals surface area contributed by atoms with Gasteiger partial charge in [-0.3, -0.25) is 4.57 Å². The van der Waals surface area contributed by atoms with E-state index in [1.807, 2.05) is 0 Å². The fourth-order valence-electron chi connectivity index (χ4n) is 13.1. The zero-order valence-electron chi connectivity index (χ0n) is 42.3. The largest absolute Gasteiger partial charge is 0.277 e. The van der Waals surface area contributed by atoms with Crippen molar-refractivity contribution in [1.29, 1.82) is 0 Å².